The third-order valence-electron chi connectivity index (χ3n) is 15.7. The Morgan fingerprint density at radius 3 is 0.943 bits per heavy atom. The molecule has 2 aliphatic rings. The molecule has 0 fully saturated rings. The summed E-state index contributed by atoms with van der Waals surface area (Å²) < 4.78 is 1.25. The molecule has 0 spiro atoms. The molecular formula is C65H95IN4. The molecule has 382 valence electrons. The summed E-state index contributed by atoms with van der Waals surface area (Å²) in [6.07, 6.45) is 47.5. The second-order valence-corrected chi connectivity index (χ2v) is 22.6. The Morgan fingerprint density at radius 1 is 0.343 bits per heavy atom. The number of aromatic nitrogens is 4. The van der Waals surface area contributed by atoms with Crippen molar-refractivity contribution in [2.75, 3.05) is 0 Å². The smallest absolute Gasteiger partial charge is 0.0694 e. The quantitative estimate of drug-likeness (QED) is 0.0313. The standard InChI is InChI=1S/C65H95IN4/c1-7-13-19-25-31-49(32-26-20-14-8-2)62-54-41-43-56(67-54)63(50(33-27-21-15-9-3)34-28-22-16-10-4)58-45-47-60(69-58)65(52-37-39-53(66)40-38-52)61-48-46-59(70-61)64(57-44-42-55(62)68-57)51(35-29-23-17-11-5)36-30-24-18-12-6/h37-51,69-70H,7-36H2,1-6H3. The molecule has 0 unspecified atom stereocenters. The Kier molecular flexibility index (Phi) is 24.9. The minimum atomic E-state index is 0.419. The van der Waals surface area contributed by atoms with Gasteiger partial charge in [0.25, 0.3) is 0 Å². The van der Waals surface area contributed by atoms with E-state index in [1.54, 1.807) is 0 Å². The SMILES string of the molecule is CCCCCCC(CCCCCC)c1c2nc(c(C(CCCCCC)CCCCCC)c3ccc([nH]3)c(-c3ccc(I)cc3)c3ccc([nH]3)c(C(CCCCCC)CCCCCC)c3nc1C=C3)C=C2. The highest BCUT2D eigenvalue weighted by Gasteiger charge is 2.26. The molecule has 0 amide bonds. The first-order valence-corrected chi connectivity index (χ1v) is 30.4. The number of H-pyrrole nitrogens is 2. The van der Waals surface area contributed by atoms with E-state index >= 15 is 0 Å². The lowest BCUT2D eigenvalue weighted by Crippen LogP contribution is -2.06. The van der Waals surface area contributed by atoms with Crippen molar-refractivity contribution in [2.45, 2.75) is 252 Å². The predicted octanol–water partition coefficient (Wildman–Crippen LogP) is 22.0. The molecule has 70 heavy (non-hydrogen) atoms. The second-order valence-electron chi connectivity index (χ2n) is 21.3. The van der Waals surface area contributed by atoms with Crippen molar-refractivity contribution < 1.29 is 0 Å². The summed E-state index contributed by atoms with van der Waals surface area (Å²) in [5.41, 5.74) is 16.1. The van der Waals surface area contributed by atoms with Crippen LogP contribution in [0.25, 0.3) is 57.5 Å². The molecule has 6 rings (SSSR count). The van der Waals surface area contributed by atoms with E-state index in [1.165, 1.54) is 235 Å². The monoisotopic (exact) mass is 1060 g/mol. The Balaban J connectivity index is 1.72. The van der Waals surface area contributed by atoms with Gasteiger partial charge in [0, 0.05) is 47.9 Å². The van der Waals surface area contributed by atoms with Crippen molar-refractivity contribution in [3.8, 4) is 11.1 Å². The highest BCUT2D eigenvalue weighted by molar-refractivity contribution is 14.1. The number of rotatable bonds is 34. The zero-order valence-corrected chi connectivity index (χ0v) is 47.3. The van der Waals surface area contributed by atoms with Gasteiger partial charge in [-0.1, -0.05) is 208 Å². The minimum Gasteiger partial charge on any atom is -0.355 e. The molecule has 0 atom stereocenters. The fourth-order valence-corrected chi connectivity index (χ4v) is 12.0. The van der Waals surface area contributed by atoms with Gasteiger partial charge in [-0.3, -0.25) is 0 Å². The molecule has 2 aliphatic heterocycles. The van der Waals surface area contributed by atoms with Crippen LogP contribution in [0.15, 0.2) is 48.5 Å². The second kappa shape index (κ2) is 31.2. The predicted molar refractivity (Wildman–Crippen MR) is 318 cm³/mol. The van der Waals surface area contributed by atoms with Gasteiger partial charge in [0.1, 0.15) is 0 Å². The molecule has 0 saturated carbocycles. The van der Waals surface area contributed by atoms with Crippen LogP contribution in [-0.2, 0) is 0 Å². The largest absolute Gasteiger partial charge is 0.355 e. The third kappa shape index (κ3) is 16.3. The summed E-state index contributed by atoms with van der Waals surface area (Å²) in [4.78, 5) is 20.1. The zero-order chi connectivity index (χ0) is 49.3. The first-order chi connectivity index (χ1) is 34.4. The molecule has 0 saturated heterocycles. The number of unbranched alkanes of at least 4 members (excludes halogenated alkanes) is 18. The number of halogens is 1. The molecule has 3 aromatic heterocycles. The lowest BCUT2D eigenvalue weighted by molar-refractivity contribution is 0.493. The number of hydrogen-bond acceptors (Lipinski definition) is 2. The fraction of sp³-hybridized carbons (Fsp3) is 0.600. The van der Waals surface area contributed by atoms with Gasteiger partial charge in [0.2, 0.25) is 0 Å². The van der Waals surface area contributed by atoms with Crippen LogP contribution in [0.1, 0.15) is 291 Å². The van der Waals surface area contributed by atoms with E-state index in [0.717, 1.165) is 33.8 Å². The Morgan fingerprint density at radius 2 is 0.629 bits per heavy atom. The normalized spacial score (nSPS) is 12.5. The summed E-state index contributed by atoms with van der Waals surface area (Å²) in [5, 5.41) is 0. The summed E-state index contributed by atoms with van der Waals surface area (Å²) in [6.45, 7) is 14.0. The number of hydrogen-bond donors (Lipinski definition) is 2. The van der Waals surface area contributed by atoms with E-state index in [-0.39, 0.29) is 0 Å². The topological polar surface area (TPSA) is 57.4 Å². The molecule has 1 aromatic carbocycles. The lowest BCUT2D eigenvalue weighted by atomic mass is 9.86. The van der Waals surface area contributed by atoms with Crippen LogP contribution < -0.4 is 0 Å². The van der Waals surface area contributed by atoms with E-state index in [9.17, 15) is 0 Å². The fourth-order valence-electron chi connectivity index (χ4n) is 11.7. The highest BCUT2D eigenvalue weighted by atomic mass is 127. The van der Waals surface area contributed by atoms with E-state index in [2.05, 4.69) is 147 Å². The Labute approximate surface area is 440 Å². The van der Waals surface area contributed by atoms with Crippen molar-refractivity contribution in [2.24, 2.45) is 0 Å². The first-order valence-electron chi connectivity index (χ1n) is 29.4. The molecule has 4 nitrogen and oxygen atoms in total. The van der Waals surface area contributed by atoms with E-state index in [1.807, 2.05) is 0 Å². The van der Waals surface area contributed by atoms with Gasteiger partial charge in [0.05, 0.1) is 22.8 Å². The van der Waals surface area contributed by atoms with Gasteiger partial charge in [-0.15, -0.1) is 0 Å². The maximum absolute atomic E-state index is 5.90. The Bertz CT molecular complexity index is 2200. The molecule has 0 aliphatic carbocycles. The maximum atomic E-state index is 5.90. The minimum absolute atomic E-state index is 0.419. The number of nitrogens with zero attached hydrogens (tertiary/aromatic N) is 2. The summed E-state index contributed by atoms with van der Waals surface area (Å²) in [5.74, 6) is 1.27. The highest BCUT2D eigenvalue weighted by Crippen LogP contribution is 2.42. The lowest BCUT2D eigenvalue weighted by Gasteiger charge is -2.20. The van der Waals surface area contributed by atoms with Crippen LogP contribution in [0.5, 0.6) is 0 Å². The summed E-state index contributed by atoms with van der Waals surface area (Å²) in [6, 6.07) is 18.7. The average molecular weight is 1060 g/mol. The summed E-state index contributed by atoms with van der Waals surface area (Å²) in [7, 11) is 0. The molecule has 2 N–H and O–H groups in total. The van der Waals surface area contributed by atoms with Crippen molar-refractivity contribution >= 4 is 69.0 Å². The van der Waals surface area contributed by atoms with Crippen LogP contribution in [-0.4, -0.2) is 19.9 Å². The number of fused-ring (bicyclic) bond motifs is 8. The average Bonchev–Trinajstić information content (AvgIpc) is 4.23. The van der Waals surface area contributed by atoms with Gasteiger partial charge in [0.15, 0.2) is 0 Å². The van der Waals surface area contributed by atoms with Crippen LogP contribution in [0.3, 0.4) is 0 Å². The van der Waals surface area contributed by atoms with E-state index in [4.69, 9.17) is 9.97 Å². The number of aromatic amines is 2. The molecule has 4 aromatic rings. The van der Waals surface area contributed by atoms with Gasteiger partial charge in [-0.05, 0) is 145 Å². The van der Waals surface area contributed by atoms with Crippen molar-refractivity contribution in [3.05, 3.63) is 91.6 Å². The van der Waals surface area contributed by atoms with Crippen LogP contribution in [0.2, 0.25) is 0 Å². The van der Waals surface area contributed by atoms with Crippen LogP contribution in [0, 0.1) is 3.57 Å². The van der Waals surface area contributed by atoms with Crippen LogP contribution in [0.4, 0.5) is 0 Å². The Hall–Kier alpha value is -3.45. The van der Waals surface area contributed by atoms with Gasteiger partial charge in [-0.2, -0.15) is 0 Å². The number of benzene rings is 1. The van der Waals surface area contributed by atoms with E-state index in [0.29, 0.717) is 17.8 Å². The van der Waals surface area contributed by atoms with Gasteiger partial charge < -0.3 is 9.97 Å². The van der Waals surface area contributed by atoms with Gasteiger partial charge in [-0.25, -0.2) is 9.97 Å². The third-order valence-corrected chi connectivity index (χ3v) is 16.4. The molecule has 0 radical (unpaired) electrons. The van der Waals surface area contributed by atoms with Gasteiger partial charge >= 0.3 is 0 Å². The van der Waals surface area contributed by atoms with Crippen molar-refractivity contribution in [3.63, 3.8) is 0 Å². The molecule has 8 bridgehead atoms. The zero-order valence-electron chi connectivity index (χ0n) is 45.1. The van der Waals surface area contributed by atoms with Crippen LogP contribution >= 0.6 is 22.6 Å². The molecule has 5 heterocycles. The summed E-state index contributed by atoms with van der Waals surface area (Å²) >= 11 is 2.45. The number of nitrogens with one attached hydrogen (secondary N) is 2. The van der Waals surface area contributed by atoms with Crippen molar-refractivity contribution in [1.29, 1.82) is 0 Å². The van der Waals surface area contributed by atoms with Crippen molar-refractivity contribution in [1.82, 2.24) is 19.9 Å². The molecular weight excluding hydrogens is 964 g/mol. The first kappa shape index (κ1) is 55.9. The maximum Gasteiger partial charge on any atom is 0.0694 e. The molecule has 5 heteroatoms. The van der Waals surface area contributed by atoms with E-state index < -0.39 is 0 Å².